The van der Waals surface area contributed by atoms with Gasteiger partial charge >= 0.3 is 0 Å². The number of likely N-dealkylation sites (N-methyl/N-ethyl adjacent to an activating group) is 1. The topological polar surface area (TPSA) is 27.0 Å². The average Bonchev–Trinajstić information content (AvgIpc) is 2.68. The number of rotatable bonds is 6. The van der Waals surface area contributed by atoms with Crippen LogP contribution in [0.25, 0.3) is 0 Å². The summed E-state index contributed by atoms with van der Waals surface area (Å²) in [6.07, 6.45) is 1.06. The predicted molar refractivity (Wildman–Crippen MR) is 77.2 cm³/mol. The molecule has 0 aromatic carbocycles. The third-order valence-corrected chi connectivity index (χ3v) is 4.60. The summed E-state index contributed by atoms with van der Waals surface area (Å²) in [6.45, 7) is 6.09. The van der Waals surface area contributed by atoms with Crippen molar-refractivity contribution in [1.29, 1.82) is 5.26 Å². The number of nitrogens with zero attached hydrogens (tertiary/aromatic N) is 2. The minimum absolute atomic E-state index is 0.134. The summed E-state index contributed by atoms with van der Waals surface area (Å²) in [4.78, 5) is 3.64. The lowest BCUT2D eigenvalue weighted by molar-refractivity contribution is 0.275. The summed E-state index contributed by atoms with van der Waals surface area (Å²) in [7, 11) is 2.09. The van der Waals surface area contributed by atoms with Gasteiger partial charge < -0.3 is 4.90 Å². The molecule has 1 aromatic rings. The van der Waals surface area contributed by atoms with Gasteiger partial charge in [-0.25, -0.2) is 0 Å². The van der Waals surface area contributed by atoms with Crippen molar-refractivity contribution >= 4 is 27.3 Å². The van der Waals surface area contributed by atoms with Gasteiger partial charge in [-0.15, -0.1) is 11.3 Å². The maximum Gasteiger partial charge on any atom is 0.0671 e. The Kier molecular flexibility index (Phi) is 6.18. The average molecular weight is 315 g/mol. The molecule has 1 unspecified atom stereocenters. The number of hydrogen-bond donors (Lipinski definition) is 0. The molecule has 0 spiro atoms. The van der Waals surface area contributed by atoms with E-state index in [-0.39, 0.29) is 5.92 Å². The van der Waals surface area contributed by atoms with E-state index in [9.17, 15) is 0 Å². The normalized spacial score (nSPS) is 13.0. The second-order valence-electron chi connectivity index (χ2n) is 4.72. The lowest BCUT2D eigenvalue weighted by Crippen LogP contribution is -2.29. The van der Waals surface area contributed by atoms with Gasteiger partial charge in [0.05, 0.1) is 12.0 Å². The van der Waals surface area contributed by atoms with Gasteiger partial charge in [0.15, 0.2) is 0 Å². The van der Waals surface area contributed by atoms with Crippen molar-refractivity contribution in [2.24, 2.45) is 11.8 Å². The molecule has 17 heavy (non-hydrogen) atoms. The standard InChI is InChI=1S/C13H19BrN2S/c1-10(2)11(7-15)8-16(3)5-4-13-6-12(14)9-17-13/h6,9-11H,4-5,8H2,1-3H3. The van der Waals surface area contributed by atoms with Crippen LogP contribution in [-0.4, -0.2) is 25.0 Å². The molecule has 1 rings (SSSR count). The Labute approximate surface area is 116 Å². The molecular weight excluding hydrogens is 296 g/mol. The highest BCUT2D eigenvalue weighted by Crippen LogP contribution is 2.20. The summed E-state index contributed by atoms with van der Waals surface area (Å²) in [5, 5.41) is 11.2. The van der Waals surface area contributed by atoms with E-state index >= 15 is 0 Å². The second-order valence-corrected chi connectivity index (χ2v) is 6.63. The molecule has 0 amide bonds. The lowest BCUT2D eigenvalue weighted by atomic mass is 9.97. The fourth-order valence-corrected chi connectivity index (χ4v) is 3.06. The van der Waals surface area contributed by atoms with E-state index in [0.29, 0.717) is 5.92 Å². The van der Waals surface area contributed by atoms with Crippen LogP contribution in [0.4, 0.5) is 0 Å². The third kappa shape index (κ3) is 5.20. The van der Waals surface area contributed by atoms with Crippen molar-refractivity contribution in [3.05, 3.63) is 20.8 Å². The molecule has 0 bridgehead atoms. The first kappa shape index (κ1) is 14.7. The minimum atomic E-state index is 0.134. The molecule has 0 aliphatic carbocycles. The van der Waals surface area contributed by atoms with Crippen LogP contribution in [0.2, 0.25) is 0 Å². The third-order valence-electron chi connectivity index (χ3n) is 2.84. The molecule has 0 N–H and O–H groups in total. The van der Waals surface area contributed by atoms with E-state index in [1.807, 2.05) is 0 Å². The van der Waals surface area contributed by atoms with Crippen molar-refractivity contribution < 1.29 is 0 Å². The number of hydrogen-bond acceptors (Lipinski definition) is 3. The summed E-state index contributed by atoms with van der Waals surface area (Å²) < 4.78 is 1.16. The maximum atomic E-state index is 9.05. The highest BCUT2D eigenvalue weighted by atomic mass is 79.9. The fraction of sp³-hybridized carbons (Fsp3) is 0.615. The Bertz CT molecular complexity index is 381. The summed E-state index contributed by atoms with van der Waals surface area (Å²) in [6, 6.07) is 4.56. The Balaban J connectivity index is 2.35. The van der Waals surface area contributed by atoms with Crippen LogP contribution >= 0.6 is 27.3 Å². The molecule has 4 heteroatoms. The van der Waals surface area contributed by atoms with E-state index in [1.54, 1.807) is 11.3 Å². The fourth-order valence-electron chi connectivity index (χ4n) is 1.61. The molecular formula is C13H19BrN2S. The molecule has 0 saturated heterocycles. The summed E-state index contributed by atoms with van der Waals surface area (Å²) in [5.41, 5.74) is 0. The number of halogens is 1. The zero-order chi connectivity index (χ0) is 12.8. The van der Waals surface area contributed by atoms with Crippen LogP contribution < -0.4 is 0 Å². The van der Waals surface area contributed by atoms with Crippen LogP contribution in [-0.2, 0) is 6.42 Å². The molecule has 0 saturated carbocycles. The van der Waals surface area contributed by atoms with Crippen molar-refractivity contribution in [2.45, 2.75) is 20.3 Å². The molecule has 2 nitrogen and oxygen atoms in total. The van der Waals surface area contributed by atoms with E-state index in [1.165, 1.54) is 4.88 Å². The van der Waals surface area contributed by atoms with Gasteiger partial charge in [-0.05, 0) is 41.4 Å². The predicted octanol–water partition coefficient (Wildman–Crippen LogP) is 3.78. The summed E-state index contributed by atoms with van der Waals surface area (Å²) >= 11 is 5.25. The Morgan fingerprint density at radius 2 is 2.24 bits per heavy atom. The van der Waals surface area contributed by atoms with Gasteiger partial charge in [0, 0.05) is 27.8 Å². The molecule has 0 aliphatic rings. The molecule has 94 valence electrons. The van der Waals surface area contributed by atoms with Crippen molar-refractivity contribution in [3.8, 4) is 6.07 Å². The zero-order valence-corrected chi connectivity index (χ0v) is 13.0. The van der Waals surface area contributed by atoms with Crippen molar-refractivity contribution in [1.82, 2.24) is 4.90 Å². The minimum Gasteiger partial charge on any atom is -0.305 e. The van der Waals surface area contributed by atoms with Crippen LogP contribution in [0.15, 0.2) is 15.9 Å². The first-order valence-electron chi connectivity index (χ1n) is 5.84. The largest absolute Gasteiger partial charge is 0.305 e. The van der Waals surface area contributed by atoms with Gasteiger partial charge in [-0.1, -0.05) is 13.8 Å². The van der Waals surface area contributed by atoms with Gasteiger partial charge in [0.1, 0.15) is 0 Å². The highest BCUT2D eigenvalue weighted by Gasteiger charge is 2.14. The van der Waals surface area contributed by atoms with Crippen LogP contribution in [0.3, 0.4) is 0 Å². The first-order chi connectivity index (χ1) is 8.02. The van der Waals surface area contributed by atoms with Gasteiger partial charge in [0.25, 0.3) is 0 Å². The summed E-state index contributed by atoms with van der Waals surface area (Å²) in [5.74, 6) is 0.563. The lowest BCUT2D eigenvalue weighted by Gasteiger charge is -2.21. The van der Waals surface area contributed by atoms with Gasteiger partial charge in [-0.2, -0.15) is 5.26 Å². The van der Waals surface area contributed by atoms with E-state index in [2.05, 4.69) is 59.2 Å². The van der Waals surface area contributed by atoms with E-state index < -0.39 is 0 Å². The van der Waals surface area contributed by atoms with E-state index in [0.717, 1.165) is 24.0 Å². The Hall–Kier alpha value is -0.370. The van der Waals surface area contributed by atoms with E-state index in [4.69, 9.17) is 5.26 Å². The molecule has 0 aliphatic heterocycles. The van der Waals surface area contributed by atoms with Crippen LogP contribution in [0, 0.1) is 23.2 Å². The molecule has 0 fully saturated rings. The van der Waals surface area contributed by atoms with Crippen LogP contribution in [0.1, 0.15) is 18.7 Å². The van der Waals surface area contributed by atoms with Gasteiger partial charge in [-0.3, -0.25) is 0 Å². The quantitative estimate of drug-likeness (QED) is 0.799. The Morgan fingerprint density at radius 3 is 2.71 bits per heavy atom. The second kappa shape index (κ2) is 7.15. The molecule has 1 aromatic heterocycles. The molecule has 0 radical (unpaired) electrons. The van der Waals surface area contributed by atoms with Crippen molar-refractivity contribution in [3.63, 3.8) is 0 Å². The molecule has 1 atom stereocenters. The monoisotopic (exact) mass is 314 g/mol. The Morgan fingerprint density at radius 1 is 1.53 bits per heavy atom. The maximum absolute atomic E-state index is 9.05. The highest BCUT2D eigenvalue weighted by molar-refractivity contribution is 9.10. The molecule has 1 heterocycles. The number of nitriles is 1. The zero-order valence-electron chi connectivity index (χ0n) is 10.6. The van der Waals surface area contributed by atoms with Crippen LogP contribution in [0.5, 0.6) is 0 Å². The first-order valence-corrected chi connectivity index (χ1v) is 7.51. The number of thiophene rings is 1. The van der Waals surface area contributed by atoms with Crippen molar-refractivity contribution in [2.75, 3.05) is 20.1 Å². The smallest absolute Gasteiger partial charge is 0.0671 e. The van der Waals surface area contributed by atoms with Gasteiger partial charge in [0.2, 0.25) is 0 Å². The SMILES string of the molecule is CC(C)C(C#N)CN(C)CCc1cc(Br)cs1.